The summed E-state index contributed by atoms with van der Waals surface area (Å²) in [4.78, 5) is 39.7. The van der Waals surface area contributed by atoms with Crippen molar-refractivity contribution in [3.05, 3.63) is 65.7 Å². The minimum Gasteiger partial charge on any atom is -0.360 e. The van der Waals surface area contributed by atoms with Crippen molar-refractivity contribution < 1.29 is 19.3 Å². The molecular weight excluding hydrogens is 380 g/mol. The van der Waals surface area contributed by atoms with E-state index in [1.54, 1.807) is 6.92 Å². The molecule has 0 aromatic heterocycles. The van der Waals surface area contributed by atoms with Crippen LogP contribution < -0.4 is 20.4 Å². The number of rotatable bonds is 6. The fourth-order valence-corrected chi connectivity index (χ4v) is 3.85. The molecular formula is C23H29N4O3+. The summed E-state index contributed by atoms with van der Waals surface area (Å²) >= 11 is 0. The van der Waals surface area contributed by atoms with Crippen LogP contribution in [-0.2, 0) is 4.79 Å². The number of urea groups is 1. The molecule has 0 spiro atoms. The van der Waals surface area contributed by atoms with Crippen molar-refractivity contribution >= 4 is 23.4 Å². The molecule has 0 aliphatic carbocycles. The fraction of sp³-hybridized carbons (Fsp3) is 0.348. The van der Waals surface area contributed by atoms with Crippen molar-refractivity contribution in [1.82, 2.24) is 10.6 Å². The minimum atomic E-state index is -0.466. The lowest BCUT2D eigenvalue weighted by Gasteiger charge is -2.37. The van der Waals surface area contributed by atoms with Gasteiger partial charge in [0.25, 0.3) is 5.91 Å². The van der Waals surface area contributed by atoms with E-state index in [0.717, 1.165) is 42.3 Å². The van der Waals surface area contributed by atoms with Gasteiger partial charge in [-0.2, -0.15) is 0 Å². The number of nitrogens with zero attached hydrogens (tertiary/aromatic N) is 1. The second-order valence-electron chi connectivity index (χ2n) is 7.44. The number of hydrogen-bond donors (Lipinski definition) is 3. The van der Waals surface area contributed by atoms with Crippen LogP contribution in [0, 0.1) is 0 Å². The summed E-state index contributed by atoms with van der Waals surface area (Å²) in [5.74, 6) is -0.235. The maximum absolute atomic E-state index is 12.9. The molecule has 1 saturated heterocycles. The number of amides is 3. The molecule has 1 fully saturated rings. The van der Waals surface area contributed by atoms with Gasteiger partial charge in [-0.3, -0.25) is 14.9 Å². The lowest BCUT2D eigenvalue weighted by Crippen LogP contribution is -3.16. The third kappa shape index (κ3) is 5.24. The van der Waals surface area contributed by atoms with E-state index in [-0.39, 0.29) is 11.7 Å². The Morgan fingerprint density at radius 2 is 1.63 bits per heavy atom. The summed E-state index contributed by atoms with van der Waals surface area (Å²) in [5.41, 5.74) is 2.67. The van der Waals surface area contributed by atoms with E-state index in [2.05, 4.69) is 15.5 Å². The number of nitrogens with one attached hydrogen (secondary N) is 3. The third-order valence-corrected chi connectivity index (χ3v) is 5.42. The second-order valence-corrected chi connectivity index (χ2v) is 7.44. The highest BCUT2D eigenvalue weighted by Crippen LogP contribution is 2.17. The van der Waals surface area contributed by atoms with Gasteiger partial charge in [0, 0.05) is 23.4 Å². The van der Waals surface area contributed by atoms with Gasteiger partial charge in [0.05, 0.1) is 26.2 Å². The van der Waals surface area contributed by atoms with Crippen molar-refractivity contribution in [2.45, 2.75) is 19.9 Å². The Kier molecular flexibility index (Phi) is 7.19. The van der Waals surface area contributed by atoms with E-state index >= 15 is 0 Å². The molecule has 0 unspecified atom stereocenters. The molecule has 3 rings (SSSR count). The van der Waals surface area contributed by atoms with Crippen molar-refractivity contribution in [3.8, 4) is 0 Å². The molecule has 1 heterocycles. The number of carbonyl (C=O) groups is 3. The summed E-state index contributed by atoms with van der Waals surface area (Å²) < 4.78 is 0. The first-order chi connectivity index (χ1) is 14.5. The smallest absolute Gasteiger partial charge is 0.321 e. The van der Waals surface area contributed by atoms with Crippen LogP contribution >= 0.6 is 0 Å². The third-order valence-electron chi connectivity index (χ3n) is 5.42. The Balaban J connectivity index is 1.70. The molecule has 30 heavy (non-hydrogen) atoms. The van der Waals surface area contributed by atoms with E-state index in [1.807, 2.05) is 61.5 Å². The van der Waals surface area contributed by atoms with Gasteiger partial charge >= 0.3 is 6.03 Å². The van der Waals surface area contributed by atoms with Gasteiger partial charge in [0.15, 0.2) is 11.8 Å². The predicted octanol–water partition coefficient (Wildman–Crippen LogP) is 1.18. The number of anilines is 1. The summed E-state index contributed by atoms with van der Waals surface area (Å²) in [6, 6.07) is 16.3. The summed E-state index contributed by atoms with van der Waals surface area (Å²) in [5, 5.41) is 5.10. The summed E-state index contributed by atoms with van der Waals surface area (Å²) in [6.07, 6.45) is 0. The predicted molar refractivity (Wildman–Crippen MR) is 116 cm³/mol. The van der Waals surface area contributed by atoms with Crippen LogP contribution in [0.2, 0.25) is 0 Å². The molecule has 7 nitrogen and oxygen atoms in total. The molecule has 2 aromatic rings. The maximum atomic E-state index is 12.9. The van der Waals surface area contributed by atoms with Gasteiger partial charge in [-0.15, -0.1) is 0 Å². The van der Waals surface area contributed by atoms with Crippen molar-refractivity contribution in [3.63, 3.8) is 0 Å². The zero-order valence-electron chi connectivity index (χ0n) is 17.5. The monoisotopic (exact) mass is 409 g/mol. The first kappa shape index (κ1) is 21.5. The Bertz CT molecular complexity index is 875. The standard InChI is InChI=1S/C23H28N4O3/c1-3-24-23(30)25-22(29)21(19-7-5-4-6-8-19)27-15-13-26(14-16-27)20-11-9-18(10-12-20)17(2)28/h4-12,21H,3,13-16H2,1-2H3,(H2,24,25,29,30)/p+1/t21-/m1/s1. The zero-order valence-corrected chi connectivity index (χ0v) is 17.5. The maximum Gasteiger partial charge on any atom is 0.321 e. The topological polar surface area (TPSA) is 82.9 Å². The van der Waals surface area contributed by atoms with E-state index in [9.17, 15) is 14.4 Å². The zero-order chi connectivity index (χ0) is 21.5. The summed E-state index contributed by atoms with van der Waals surface area (Å²) in [7, 11) is 0. The molecule has 3 N–H and O–H groups in total. The highest BCUT2D eigenvalue weighted by Gasteiger charge is 2.35. The number of ketones is 1. The Morgan fingerprint density at radius 3 is 2.20 bits per heavy atom. The number of imide groups is 1. The van der Waals surface area contributed by atoms with Crippen LogP contribution in [0.5, 0.6) is 0 Å². The lowest BCUT2D eigenvalue weighted by atomic mass is 10.0. The Labute approximate surface area is 177 Å². The molecule has 1 aliphatic rings. The molecule has 1 aliphatic heterocycles. The first-order valence-electron chi connectivity index (χ1n) is 10.3. The lowest BCUT2D eigenvalue weighted by molar-refractivity contribution is -0.922. The van der Waals surface area contributed by atoms with E-state index in [1.165, 1.54) is 0 Å². The van der Waals surface area contributed by atoms with Crippen molar-refractivity contribution in [2.24, 2.45) is 0 Å². The second kappa shape index (κ2) is 10.0. The summed E-state index contributed by atoms with van der Waals surface area (Å²) in [6.45, 7) is 6.93. The quantitative estimate of drug-likeness (QED) is 0.626. The van der Waals surface area contributed by atoms with Gasteiger partial charge in [-0.05, 0) is 38.1 Å². The largest absolute Gasteiger partial charge is 0.360 e. The Hall–Kier alpha value is -3.19. The molecule has 0 radical (unpaired) electrons. The highest BCUT2D eigenvalue weighted by atomic mass is 16.2. The molecule has 0 bridgehead atoms. The molecule has 1 atom stereocenters. The van der Waals surface area contributed by atoms with Crippen LogP contribution in [-0.4, -0.2) is 50.4 Å². The number of Topliss-reactive ketones (excluding diaryl/α,β-unsaturated/α-hetero) is 1. The molecule has 0 saturated carbocycles. The van der Waals surface area contributed by atoms with Crippen LogP contribution in [0.1, 0.15) is 35.8 Å². The van der Waals surface area contributed by atoms with E-state index < -0.39 is 12.1 Å². The average molecular weight is 410 g/mol. The van der Waals surface area contributed by atoms with E-state index in [0.29, 0.717) is 12.1 Å². The number of piperazine rings is 1. The fourth-order valence-electron chi connectivity index (χ4n) is 3.85. The van der Waals surface area contributed by atoms with Crippen LogP contribution in [0.15, 0.2) is 54.6 Å². The van der Waals surface area contributed by atoms with Gasteiger partial charge in [0.2, 0.25) is 0 Å². The number of carbonyl (C=O) groups excluding carboxylic acids is 3. The van der Waals surface area contributed by atoms with Crippen LogP contribution in [0.3, 0.4) is 0 Å². The first-order valence-corrected chi connectivity index (χ1v) is 10.3. The van der Waals surface area contributed by atoms with Crippen LogP contribution in [0.4, 0.5) is 10.5 Å². The van der Waals surface area contributed by atoms with Crippen LogP contribution in [0.25, 0.3) is 0 Å². The molecule has 158 valence electrons. The molecule has 2 aromatic carbocycles. The SMILES string of the molecule is CCNC(=O)NC(=O)[C@@H](c1ccccc1)[NH+]1CCN(c2ccc(C(C)=O)cc2)CC1. The molecule has 7 heteroatoms. The van der Waals surface area contributed by atoms with Crippen molar-refractivity contribution in [2.75, 3.05) is 37.6 Å². The van der Waals surface area contributed by atoms with Gasteiger partial charge in [-0.25, -0.2) is 4.79 Å². The Morgan fingerprint density at radius 1 is 1.00 bits per heavy atom. The van der Waals surface area contributed by atoms with Gasteiger partial charge in [0.1, 0.15) is 0 Å². The molecule has 3 amide bonds. The van der Waals surface area contributed by atoms with Gasteiger partial charge < -0.3 is 15.1 Å². The van der Waals surface area contributed by atoms with Gasteiger partial charge in [-0.1, -0.05) is 30.3 Å². The van der Waals surface area contributed by atoms with E-state index in [4.69, 9.17) is 0 Å². The average Bonchev–Trinajstić information content (AvgIpc) is 2.75. The number of hydrogen-bond acceptors (Lipinski definition) is 4. The number of benzene rings is 2. The minimum absolute atomic E-state index is 0.0552. The highest BCUT2D eigenvalue weighted by molar-refractivity contribution is 5.96. The van der Waals surface area contributed by atoms with Crippen molar-refractivity contribution in [1.29, 1.82) is 0 Å². The number of quaternary nitrogens is 1. The normalized spacial score (nSPS) is 15.3.